The second-order valence-corrected chi connectivity index (χ2v) is 3.33. The van der Waals surface area contributed by atoms with Crippen LogP contribution >= 0.6 is 20.0 Å². The van der Waals surface area contributed by atoms with Gasteiger partial charge in [0.05, 0.1) is 5.69 Å². The molecule has 0 saturated carbocycles. The fraction of sp³-hybridized carbons (Fsp3) is 0. The van der Waals surface area contributed by atoms with Crippen LogP contribution < -0.4 is 5.30 Å². The summed E-state index contributed by atoms with van der Waals surface area (Å²) in [7, 11) is 0.483. The first-order valence-electron chi connectivity index (χ1n) is 2.95. The fourth-order valence-electron chi connectivity index (χ4n) is 0.663. The van der Waals surface area contributed by atoms with Gasteiger partial charge < -0.3 is 0 Å². The monoisotopic (exact) mass is 183 g/mol. The molecule has 0 aliphatic carbocycles. The van der Waals surface area contributed by atoms with Gasteiger partial charge in [0.1, 0.15) is 0 Å². The van der Waals surface area contributed by atoms with Crippen molar-refractivity contribution >= 4 is 37.1 Å². The minimum absolute atomic E-state index is 0.483. The van der Waals surface area contributed by atoms with Crippen molar-refractivity contribution in [3.8, 4) is 0 Å². The van der Waals surface area contributed by atoms with E-state index in [9.17, 15) is 4.79 Å². The maximum atomic E-state index is 9.82. The Balaban J connectivity index is 2.91. The molecule has 0 aliphatic rings. The van der Waals surface area contributed by atoms with Crippen LogP contribution in [-0.2, 0) is 4.79 Å². The van der Waals surface area contributed by atoms with Crippen molar-refractivity contribution < 1.29 is 4.79 Å². The number of hydrogen-bond donors (Lipinski definition) is 1. The molecule has 1 rings (SSSR count). The fourth-order valence-corrected chi connectivity index (χ4v) is 1.43. The normalized spacial score (nSPS) is 9.91. The Morgan fingerprint density at radius 2 is 2.00 bits per heavy atom. The van der Waals surface area contributed by atoms with Gasteiger partial charge in [-0.05, 0) is 25.2 Å². The number of aliphatic imine (C=N–C) groups is 1. The lowest BCUT2D eigenvalue weighted by Crippen LogP contribution is -1.87. The topological polar surface area (TPSA) is 29.4 Å². The predicted octanol–water partition coefficient (Wildman–Crippen LogP) is 1.80. The van der Waals surface area contributed by atoms with E-state index in [1.54, 1.807) is 12.1 Å². The molecule has 56 valence electrons. The van der Waals surface area contributed by atoms with Crippen molar-refractivity contribution in [1.82, 2.24) is 0 Å². The summed E-state index contributed by atoms with van der Waals surface area (Å²) in [5.41, 5.74) is 0.635. The van der Waals surface area contributed by atoms with Crippen molar-refractivity contribution in [2.45, 2.75) is 0 Å². The third-order valence-corrected chi connectivity index (χ3v) is 2.54. The molecule has 1 aromatic carbocycles. The third-order valence-electron chi connectivity index (χ3n) is 1.17. The number of thiol groups is 1. The first-order valence-corrected chi connectivity index (χ1v) is 5.24. The summed E-state index contributed by atoms with van der Waals surface area (Å²) in [4.78, 5) is 13.3. The van der Waals surface area contributed by atoms with Crippen molar-refractivity contribution in [1.29, 1.82) is 0 Å². The number of nitrogens with zero attached hydrogens (tertiary/aromatic N) is 1. The van der Waals surface area contributed by atoms with E-state index in [2.05, 4.69) is 17.2 Å². The Hall–Kier alpha value is -0.620. The van der Waals surface area contributed by atoms with E-state index in [0.29, 0.717) is 13.5 Å². The van der Waals surface area contributed by atoms with Crippen molar-refractivity contribution in [2.75, 3.05) is 0 Å². The summed E-state index contributed by atoms with van der Waals surface area (Å²) in [5, 5.41) is 1.14. The van der Waals surface area contributed by atoms with E-state index in [0.717, 1.165) is 5.30 Å². The van der Waals surface area contributed by atoms with Gasteiger partial charge in [-0.1, -0.05) is 12.1 Å². The molecule has 0 saturated heterocycles. The van der Waals surface area contributed by atoms with Crippen LogP contribution in [0.2, 0.25) is 0 Å². The van der Waals surface area contributed by atoms with Gasteiger partial charge in [-0.15, -0.1) is 12.2 Å². The van der Waals surface area contributed by atoms with E-state index in [1.165, 1.54) is 6.08 Å². The summed E-state index contributed by atoms with van der Waals surface area (Å²) >= 11 is 4.12. The predicted molar refractivity (Wildman–Crippen MR) is 51.2 cm³/mol. The highest BCUT2D eigenvalue weighted by molar-refractivity contribution is 8.40. The Labute approximate surface area is 71.7 Å². The Bertz CT molecular complexity index is 279. The lowest BCUT2D eigenvalue weighted by molar-refractivity contribution is 0.565. The minimum atomic E-state index is 0.483. The van der Waals surface area contributed by atoms with E-state index in [-0.39, 0.29) is 0 Å². The summed E-state index contributed by atoms with van der Waals surface area (Å²) in [6, 6.07) is 7.32. The van der Waals surface area contributed by atoms with Gasteiger partial charge in [-0.25, -0.2) is 4.79 Å². The number of isocyanates is 1. The molecule has 4 heteroatoms. The molecule has 11 heavy (non-hydrogen) atoms. The molecule has 0 N–H and O–H groups in total. The zero-order valence-corrected chi connectivity index (χ0v) is 7.51. The Kier molecular flexibility index (Phi) is 3.31. The van der Waals surface area contributed by atoms with Gasteiger partial charge in [-0.2, -0.15) is 4.99 Å². The second-order valence-electron chi connectivity index (χ2n) is 1.86. The summed E-state index contributed by atoms with van der Waals surface area (Å²) in [5.74, 6) is 0. The Morgan fingerprint density at radius 3 is 2.45 bits per heavy atom. The van der Waals surface area contributed by atoms with Gasteiger partial charge in [-0.3, -0.25) is 0 Å². The number of rotatable bonds is 2. The second kappa shape index (κ2) is 4.30. The molecule has 0 bridgehead atoms. The van der Waals surface area contributed by atoms with Crippen LogP contribution in [0.4, 0.5) is 5.69 Å². The van der Waals surface area contributed by atoms with Gasteiger partial charge in [0.2, 0.25) is 6.08 Å². The molecular formula is C7H6NOPS. The third kappa shape index (κ3) is 2.47. The molecular weight excluding hydrogens is 177 g/mol. The van der Waals surface area contributed by atoms with E-state index in [1.807, 2.05) is 12.1 Å². The van der Waals surface area contributed by atoms with Crippen LogP contribution in [0.3, 0.4) is 0 Å². The molecule has 1 unspecified atom stereocenters. The molecule has 0 amide bonds. The zero-order chi connectivity index (χ0) is 8.10. The first-order chi connectivity index (χ1) is 5.36. The highest BCUT2D eigenvalue weighted by Gasteiger charge is 1.89. The first kappa shape index (κ1) is 8.48. The van der Waals surface area contributed by atoms with Gasteiger partial charge in [0.15, 0.2) is 0 Å². The highest BCUT2D eigenvalue weighted by Crippen LogP contribution is 2.16. The van der Waals surface area contributed by atoms with Crippen LogP contribution in [0.25, 0.3) is 0 Å². The molecule has 0 heterocycles. The largest absolute Gasteiger partial charge is 0.240 e. The van der Waals surface area contributed by atoms with E-state index < -0.39 is 0 Å². The van der Waals surface area contributed by atoms with Crippen LogP contribution in [0.15, 0.2) is 29.3 Å². The van der Waals surface area contributed by atoms with Gasteiger partial charge in [0.25, 0.3) is 0 Å². The van der Waals surface area contributed by atoms with E-state index in [4.69, 9.17) is 0 Å². The summed E-state index contributed by atoms with van der Waals surface area (Å²) < 4.78 is 0. The number of carbonyl (C=O) groups excluding carboxylic acids is 1. The maximum Gasteiger partial charge on any atom is 0.240 e. The van der Waals surface area contributed by atoms with Crippen LogP contribution in [0.5, 0.6) is 0 Å². The van der Waals surface area contributed by atoms with Crippen LogP contribution in [0, 0.1) is 0 Å². The highest BCUT2D eigenvalue weighted by atomic mass is 32.7. The smallest absolute Gasteiger partial charge is 0.211 e. The molecule has 2 nitrogen and oxygen atoms in total. The summed E-state index contributed by atoms with van der Waals surface area (Å²) in [6.45, 7) is 0. The standard InChI is InChI=1S/C7H6NOPS/c9-5-8-6-1-3-7(10-11)4-2-6/h1-4,10-11H. The average molecular weight is 183 g/mol. The average Bonchev–Trinajstić information content (AvgIpc) is 2.07. The quantitative estimate of drug-likeness (QED) is 0.322. The van der Waals surface area contributed by atoms with Gasteiger partial charge in [0, 0.05) is 0 Å². The van der Waals surface area contributed by atoms with Gasteiger partial charge >= 0.3 is 0 Å². The van der Waals surface area contributed by atoms with Crippen molar-refractivity contribution in [3.05, 3.63) is 24.3 Å². The maximum absolute atomic E-state index is 9.82. The molecule has 0 radical (unpaired) electrons. The lowest BCUT2D eigenvalue weighted by Gasteiger charge is -1.93. The molecule has 0 aromatic heterocycles. The Morgan fingerprint density at radius 1 is 1.36 bits per heavy atom. The molecule has 0 fully saturated rings. The number of hydrogen-bond acceptors (Lipinski definition) is 3. The molecule has 0 spiro atoms. The zero-order valence-electron chi connectivity index (χ0n) is 5.61. The van der Waals surface area contributed by atoms with Crippen molar-refractivity contribution in [3.63, 3.8) is 0 Å². The van der Waals surface area contributed by atoms with Crippen LogP contribution in [0.1, 0.15) is 0 Å². The lowest BCUT2D eigenvalue weighted by atomic mass is 10.3. The van der Waals surface area contributed by atoms with E-state index >= 15 is 0 Å². The molecule has 1 atom stereocenters. The SMILES string of the molecule is O=C=Nc1ccc(PS)cc1. The van der Waals surface area contributed by atoms with Crippen molar-refractivity contribution in [2.24, 2.45) is 4.99 Å². The molecule has 1 aromatic rings. The minimum Gasteiger partial charge on any atom is -0.211 e. The number of benzene rings is 1. The summed E-state index contributed by atoms with van der Waals surface area (Å²) in [6.07, 6.45) is 1.48. The van der Waals surface area contributed by atoms with Crippen LogP contribution in [-0.4, -0.2) is 6.08 Å². The molecule has 0 aliphatic heterocycles.